The van der Waals surface area contributed by atoms with E-state index in [1.165, 1.54) is 0 Å². The summed E-state index contributed by atoms with van der Waals surface area (Å²) in [6, 6.07) is 0. The lowest BCUT2D eigenvalue weighted by atomic mass is 10.2. The van der Waals surface area contributed by atoms with Crippen LogP contribution in [0.3, 0.4) is 0 Å². The van der Waals surface area contributed by atoms with Gasteiger partial charge in [0.15, 0.2) is 0 Å². The molecule has 2 atom stereocenters. The molecule has 0 aliphatic rings. The monoisotopic (exact) mass is 234 g/mol. The van der Waals surface area contributed by atoms with Crippen LogP contribution in [0.4, 0.5) is 4.79 Å². The van der Waals surface area contributed by atoms with E-state index in [-0.39, 0.29) is 25.4 Å². The summed E-state index contributed by atoms with van der Waals surface area (Å²) in [4.78, 5) is 11.3. The van der Waals surface area contributed by atoms with E-state index in [0.29, 0.717) is 25.7 Å². The Morgan fingerprint density at radius 2 is 1.38 bits per heavy atom. The lowest BCUT2D eigenvalue weighted by Gasteiger charge is -2.18. The van der Waals surface area contributed by atoms with Gasteiger partial charge in [-0.2, -0.15) is 0 Å². The van der Waals surface area contributed by atoms with Gasteiger partial charge in [0.05, 0.1) is 0 Å². The van der Waals surface area contributed by atoms with Gasteiger partial charge in [0.25, 0.3) is 0 Å². The standard InChI is InChI=1S/C11H22O5/c1-3-9(5-7-12)15-11(14)16-10(4-2)6-8-13/h9-10,12-13H,3-8H2,1-2H3. The van der Waals surface area contributed by atoms with E-state index in [1.54, 1.807) is 0 Å². The zero-order valence-electron chi connectivity index (χ0n) is 10.0. The molecule has 96 valence electrons. The molecular weight excluding hydrogens is 212 g/mol. The molecule has 0 aliphatic carbocycles. The Bertz CT molecular complexity index is 165. The molecule has 0 aliphatic heterocycles. The minimum absolute atomic E-state index is 0.0143. The first-order valence-electron chi connectivity index (χ1n) is 5.76. The molecule has 0 aromatic rings. The molecule has 0 rings (SSSR count). The summed E-state index contributed by atoms with van der Waals surface area (Å²) in [5, 5.41) is 17.5. The Hall–Kier alpha value is -0.810. The van der Waals surface area contributed by atoms with Gasteiger partial charge in [0.1, 0.15) is 12.2 Å². The Labute approximate surface area is 96.4 Å². The minimum atomic E-state index is -0.722. The van der Waals surface area contributed by atoms with Gasteiger partial charge in [-0.15, -0.1) is 0 Å². The highest BCUT2D eigenvalue weighted by Crippen LogP contribution is 2.09. The van der Waals surface area contributed by atoms with Crippen LogP contribution in [0.15, 0.2) is 0 Å². The Balaban J connectivity index is 3.93. The molecule has 0 spiro atoms. The summed E-state index contributed by atoms with van der Waals surface area (Å²) < 4.78 is 10.0. The van der Waals surface area contributed by atoms with E-state index in [2.05, 4.69) is 0 Å². The van der Waals surface area contributed by atoms with Gasteiger partial charge in [-0.1, -0.05) is 13.8 Å². The number of aliphatic hydroxyl groups excluding tert-OH is 2. The van der Waals surface area contributed by atoms with E-state index in [1.807, 2.05) is 13.8 Å². The molecule has 5 heteroatoms. The van der Waals surface area contributed by atoms with Gasteiger partial charge in [0, 0.05) is 26.1 Å². The third-order valence-electron chi connectivity index (χ3n) is 2.34. The summed E-state index contributed by atoms with van der Waals surface area (Å²) in [6.07, 6.45) is 0.804. The number of carbonyl (C=O) groups excluding carboxylic acids is 1. The van der Waals surface area contributed by atoms with Crippen LogP contribution in [0.5, 0.6) is 0 Å². The summed E-state index contributed by atoms with van der Waals surface area (Å²) in [5.74, 6) is 0. The van der Waals surface area contributed by atoms with Crippen LogP contribution in [0, 0.1) is 0 Å². The van der Waals surface area contributed by atoms with Crippen LogP contribution in [-0.2, 0) is 9.47 Å². The zero-order valence-corrected chi connectivity index (χ0v) is 10.0. The van der Waals surface area contributed by atoms with Crippen molar-refractivity contribution >= 4 is 6.16 Å². The molecule has 0 radical (unpaired) electrons. The SMILES string of the molecule is CCC(CCO)OC(=O)OC(CC)CCO. The van der Waals surface area contributed by atoms with Gasteiger partial charge in [0.2, 0.25) is 0 Å². The number of ether oxygens (including phenoxy) is 2. The third-order valence-corrected chi connectivity index (χ3v) is 2.34. The average molecular weight is 234 g/mol. The number of aliphatic hydroxyl groups is 2. The first-order chi connectivity index (χ1) is 7.67. The van der Waals surface area contributed by atoms with Crippen molar-refractivity contribution in [2.24, 2.45) is 0 Å². The fourth-order valence-electron chi connectivity index (χ4n) is 1.28. The largest absolute Gasteiger partial charge is 0.508 e. The van der Waals surface area contributed by atoms with Gasteiger partial charge >= 0.3 is 6.16 Å². The summed E-state index contributed by atoms with van der Waals surface area (Å²) >= 11 is 0. The molecular formula is C11H22O5. The predicted molar refractivity (Wildman–Crippen MR) is 59.1 cm³/mol. The molecule has 2 N–H and O–H groups in total. The zero-order chi connectivity index (χ0) is 12.4. The van der Waals surface area contributed by atoms with Crippen molar-refractivity contribution in [3.05, 3.63) is 0 Å². The molecule has 0 bridgehead atoms. The second kappa shape index (κ2) is 9.42. The fraction of sp³-hybridized carbons (Fsp3) is 0.909. The minimum Gasteiger partial charge on any atom is -0.431 e. The second-order valence-corrected chi connectivity index (χ2v) is 3.57. The van der Waals surface area contributed by atoms with Crippen molar-refractivity contribution in [2.75, 3.05) is 13.2 Å². The van der Waals surface area contributed by atoms with Gasteiger partial charge in [-0.3, -0.25) is 0 Å². The van der Waals surface area contributed by atoms with Gasteiger partial charge in [-0.05, 0) is 12.8 Å². The van der Waals surface area contributed by atoms with Crippen LogP contribution in [0.2, 0.25) is 0 Å². The van der Waals surface area contributed by atoms with E-state index in [0.717, 1.165) is 0 Å². The molecule has 0 aromatic heterocycles. The van der Waals surface area contributed by atoms with Crippen LogP contribution in [0.1, 0.15) is 39.5 Å². The highest BCUT2D eigenvalue weighted by atomic mass is 16.7. The van der Waals surface area contributed by atoms with Crippen LogP contribution >= 0.6 is 0 Å². The van der Waals surface area contributed by atoms with Gasteiger partial charge < -0.3 is 19.7 Å². The molecule has 0 fully saturated rings. The molecule has 0 saturated heterocycles. The molecule has 0 heterocycles. The van der Waals surface area contributed by atoms with Crippen molar-refractivity contribution in [3.8, 4) is 0 Å². The topological polar surface area (TPSA) is 76.0 Å². The number of carbonyl (C=O) groups is 1. The Morgan fingerprint density at radius 1 is 1.00 bits per heavy atom. The van der Waals surface area contributed by atoms with E-state index in [4.69, 9.17) is 19.7 Å². The molecule has 0 amide bonds. The number of hydrogen-bond donors (Lipinski definition) is 2. The van der Waals surface area contributed by atoms with Crippen LogP contribution in [0.25, 0.3) is 0 Å². The molecule has 0 saturated carbocycles. The van der Waals surface area contributed by atoms with Crippen LogP contribution < -0.4 is 0 Å². The van der Waals surface area contributed by atoms with E-state index in [9.17, 15) is 4.79 Å². The maximum atomic E-state index is 11.3. The number of hydrogen-bond acceptors (Lipinski definition) is 5. The third kappa shape index (κ3) is 6.63. The van der Waals surface area contributed by atoms with Crippen molar-refractivity contribution in [2.45, 2.75) is 51.7 Å². The van der Waals surface area contributed by atoms with Crippen LogP contribution in [-0.4, -0.2) is 41.8 Å². The molecule has 5 nitrogen and oxygen atoms in total. The Kier molecular flexibility index (Phi) is 8.94. The summed E-state index contributed by atoms with van der Waals surface area (Å²) in [5.41, 5.74) is 0. The number of rotatable bonds is 8. The average Bonchev–Trinajstić information content (AvgIpc) is 2.27. The lowest BCUT2D eigenvalue weighted by molar-refractivity contribution is -0.0141. The highest BCUT2D eigenvalue weighted by Gasteiger charge is 2.17. The van der Waals surface area contributed by atoms with Crippen molar-refractivity contribution in [3.63, 3.8) is 0 Å². The first kappa shape index (κ1) is 15.2. The fourth-order valence-corrected chi connectivity index (χ4v) is 1.28. The lowest BCUT2D eigenvalue weighted by Crippen LogP contribution is -2.24. The Morgan fingerprint density at radius 3 is 1.62 bits per heavy atom. The van der Waals surface area contributed by atoms with E-state index >= 15 is 0 Å². The summed E-state index contributed by atoms with van der Waals surface area (Å²) in [7, 11) is 0. The maximum absolute atomic E-state index is 11.3. The molecule has 16 heavy (non-hydrogen) atoms. The maximum Gasteiger partial charge on any atom is 0.508 e. The highest BCUT2D eigenvalue weighted by molar-refractivity contribution is 5.60. The van der Waals surface area contributed by atoms with Gasteiger partial charge in [-0.25, -0.2) is 4.79 Å². The molecule has 2 unspecified atom stereocenters. The van der Waals surface area contributed by atoms with Crippen molar-refractivity contribution < 1.29 is 24.5 Å². The summed E-state index contributed by atoms with van der Waals surface area (Å²) in [6.45, 7) is 3.72. The smallest absolute Gasteiger partial charge is 0.431 e. The van der Waals surface area contributed by atoms with Crippen molar-refractivity contribution in [1.29, 1.82) is 0 Å². The second-order valence-electron chi connectivity index (χ2n) is 3.57. The quantitative estimate of drug-likeness (QED) is 0.622. The van der Waals surface area contributed by atoms with E-state index < -0.39 is 6.16 Å². The first-order valence-corrected chi connectivity index (χ1v) is 5.76. The normalized spacial score (nSPS) is 14.2. The van der Waals surface area contributed by atoms with Crippen molar-refractivity contribution in [1.82, 2.24) is 0 Å². The molecule has 0 aromatic carbocycles. The predicted octanol–water partition coefficient (Wildman–Crippen LogP) is 1.46.